The van der Waals surface area contributed by atoms with Crippen LogP contribution in [-0.4, -0.2) is 9.97 Å². The molecule has 0 fully saturated rings. The average molecular weight is 373 g/mol. The Kier molecular flexibility index (Phi) is 4.09. The summed E-state index contributed by atoms with van der Waals surface area (Å²) in [4.78, 5) is 19.3. The molecule has 4 N–H and O–H groups in total. The molecule has 6 heteroatoms. The lowest BCUT2D eigenvalue weighted by atomic mass is 10.1. The van der Waals surface area contributed by atoms with E-state index in [1.54, 1.807) is 6.20 Å². The maximum atomic E-state index is 12.1. The number of nitrogen functional groups attached to an aromatic ring is 1. The zero-order valence-corrected chi connectivity index (χ0v) is 14.5. The number of nitrogens with one attached hydrogen (secondary N) is 2. The Morgan fingerprint density at radius 3 is 2.78 bits per heavy atom. The third kappa shape index (κ3) is 3.07. The molecule has 0 saturated carbocycles. The van der Waals surface area contributed by atoms with Gasteiger partial charge in [0.25, 0.3) is 5.56 Å². The molecule has 1 aromatic carbocycles. The summed E-state index contributed by atoms with van der Waals surface area (Å²) in [7, 11) is 0. The molecular formula is C17H17BrN4O. The zero-order chi connectivity index (χ0) is 16.6. The lowest BCUT2D eigenvalue weighted by Crippen LogP contribution is -2.18. The standard InChI is InChI=1S/C17H17BrN4O/c1-9-5-10(2)22-17(23)14(9)8-21-16-13-6-11(18)7-15(19)12(13)3-4-20-16/h3-7H,8,19H2,1-2H3,(H,20,21)(H,22,23). The zero-order valence-electron chi connectivity index (χ0n) is 12.9. The number of rotatable bonds is 3. The number of hydrogen-bond donors (Lipinski definition) is 3. The highest BCUT2D eigenvalue weighted by Gasteiger charge is 2.09. The smallest absolute Gasteiger partial charge is 0.253 e. The van der Waals surface area contributed by atoms with Crippen molar-refractivity contribution in [1.82, 2.24) is 9.97 Å². The topological polar surface area (TPSA) is 83.8 Å². The Bertz CT molecular complexity index is 949. The van der Waals surface area contributed by atoms with Gasteiger partial charge >= 0.3 is 0 Å². The van der Waals surface area contributed by atoms with Crippen LogP contribution in [0.3, 0.4) is 0 Å². The predicted octanol–water partition coefficient (Wildman–Crippen LogP) is 3.50. The third-order valence-corrected chi connectivity index (χ3v) is 4.26. The van der Waals surface area contributed by atoms with E-state index in [1.165, 1.54) is 0 Å². The van der Waals surface area contributed by atoms with Crippen LogP contribution in [0.25, 0.3) is 10.8 Å². The fourth-order valence-corrected chi connectivity index (χ4v) is 3.17. The van der Waals surface area contributed by atoms with Crippen LogP contribution < -0.4 is 16.6 Å². The Hall–Kier alpha value is -2.34. The normalized spacial score (nSPS) is 10.9. The van der Waals surface area contributed by atoms with Crippen molar-refractivity contribution in [2.45, 2.75) is 20.4 Å². The van der Waals surface area contributed by atoms with E-state index in [1.807, 2.05) is 38.1 Å². The van der Waals surface area contributed by atoms with Crippen LogP contribution in [0.4, 0.5) is 11.5 Å². The molecule has 0 radical (unpaired) electrons. The van der Waals surface area contributed by atoms with Gasteiger partial charge in [-0.25, -0.2) is 4.98 Å². The minimum absolute atomic E-state index is 0.0732. The summed E-state index contributed by atoms with van der Waals surface area (Å²) in [6.45, 7) is 4.21. The van der Waals surface area contributed by atoms with E-state index in [0.29, 0.717) is 23.6 Å². The summed E-state index contributed by atoms with van der Waals surface area (Å²) in [6, 6.07) is 7.67. The molecule has 3 rings (SSSR count). The molecule has 0 unspecified atom stereocenters. The number of pyridine rings is 2. The monoisotopic (exact) mass is 372 g/mol. The fourth-order valence-electron chi connectivity index (χ4n) is 2.69. The Morgan fingerprint density at radius 1 is 1.26 bits per heavy atom. The van der Waals surface area contributed by atoms with Crippen molar-refractivity contribution in [2.75, 3.05) is 11.1 Å². The number of fused-ring (bicyclic) bond motifs is 1. The summed E-state index contributed by atoms with van der Waals surface area (Å²) in [5.74, 6) is 0.704. The molecule has 118 valence electrons. The van der Waals surface area contributed by atoms with Crippen LogP contribution in [0.5, 0.6) is 0 Å². The SMILES string of the molecule is Cc1cc(C)c(CNc2nccc3c(N)cc(Br)cc23)c(=O)[nH]1. The van der Waals surface area contributed by atoms with Gasteiger partial charge in [0, 0.05) is 44.9 Å². The maximum absolute atomic E-state index is 12.1. The first kappa shape index (κ1) is 15.6. The quantitative estimate of drug-likeness (QED) is 0.614. The Morgan fingerprint density at radius 2 is 2.04 bits per heavy atom. The molecule has 2 heterocycles. The van der Waals surface area contributed by atoms with E-state index in [4.69, 9.17) is 5.73 Å². The van der Waals surface area contributed by atoms with Crippen molar-refractivity contribution in [3.8, 4) is 0 Å². The van der Waals surface area contributed by atoms with Gasteiger partial charge in [-0.05, 0) is 43.7 Å². The number of aromatic nitrogens is 2. The van der Waals surface area contributed by atoms with Gasteiger partial charge in [-0.2, -0.15) is 0 Å². The highest BCUT2D eigenvalue weighted by atomic mass is 79.9. The predicted molar refractivity (Wildman–Crippen MR) is 97.7 cm³/mol. The van der Waals surface area contributed by atoms with Crippen LogP contribution in [0.15, 0.2) is 39.7 Å². The van der Waals surface area contributed by atoms with Crippen LogP contribution in [0.2, 0.25) is 0 Å². The van der Waals surface area contributed by atoms with Gasteiger partial charge < -0.3 is 16.0 Å². The van der Waals surface area contributed by atoms with Crippen LogP contribution in [0, 0.1) is 13.8 Å². The number of nitrogens with zero attached hydrogens (tertiary/aromatic N) is 1. The molecule has 3 aromatic rings. The van der Waals surface area contributed by atoms with Crippen molar-refractivity contribution in [3.05, 3.63) is 62.1 Å². The first-order valence-corrected chi connectivity index (χ1v) is 8.02. The molecule has 2 aromatic heterocycles. The van der Waals surface area contributed by atoms with E-state index in [9.17, 15) is 4.79 Å². The molecule has 0 bridgehead atoms. The van der Waals surface area contributed by atoms with Crippen molar-refractivity contribution >= 4 is 38.2 Å². The van der Waals surface area contributed by atoms with E-state index >= 15 is 0 Å². The molecule has 0 atom stereocenters. The van der Waals surface area contributed by atoms with E-state index in [0.717, 1.165) is 26.5 Å². The largest absolute Gasteiger partial charge is 0.398 e. The van der Waals surface area contributed by atoms with E-state index in [2.05, 4.69) is 31.2 Å². The molecule has 5 nitrogen and oxygen atoms in total. The second-order valence-electron chi connectivity index (χ2n) is 5.55. The fraction of sp³-hybridized carbons (Fsp3) is 0.176. The van der Waals surface area contributed by atoms with Gasteiger partial charge in [-0.15, -0.1) is 0 Å². The molecule has 0 aliphatic heterocycles. The summed E-state index contributed by atoms with van der Waals surface area (Å²) >= 11 is 3.45. The molecule has 0 amide bonds. The highest BCUT2D eigenvalue weighted by molar-refractivity contribution is 9.10. The van der Waals surface area contributed by atoms with Crippen LogP contribution in [-0.2, 0) is 6.54 Å². The summed E-state index contributed by atoms with van der Waals surface area (Å²) in [5.41, 5.74) is 9.19. The van der Waals surface area contributed by atoms with Gasteiger partial charge in [0.05, 0.1) is 0 Å². The van der Waals surface area contributed by atoms with E-state index in [-0.39, 0.29) is 5.56 Å². The highest BCUT2D eigenvalue weighted by Crippen LogP contribution is 2.30. The van der Waals surface area contributed by atoms with Gasteiger partial charge in [-0.3, -0.25) is 4.79 Å². The van der Waals surface area contributed by atoms with E-state index < -0.39 is 0 Å². The molecule has 0 aliphatic carbocycles. The number of anilines is 2. The second kappa shape index (κ2) is 6.04. The number of aryl methyl sites for hydroxylation is 2. The maximum Gasteiger partial charge on any atom is 0.253 e. The van der Waals surface area contributed by atoms with Gasteiger partial charge in [0.15, 0.2) is 0 Å². The Labute approximate surface area is 142 Å². The number of halogens is 1. The molecule has 0 saturated heterocycles. The third-order valence-electron chi connectivity index (χ3n) is 3.80. The average Bonchev–Trinajstić information content (AvgIpc) is 2.46. The Balaban J connectivity index is 1.99. The first-order valence-electron chi connectivity index (χ1n) is 7.22. The lowest BCUT2D eigenvalue weighted by Gasteiger charge is -2.12. The van der Waals surface area contributed by atoms with Gasteiger partial charge in [-0.1, -0.05) is 15.9 Å². The molecule has 23 heavy (non-hydrogen) atoms. The number of benzene rings is 1. The van der Waals surface area contributed by atoms with Gasteiger partial charge in [0.2, 0.25) is 0 Å². The van der Waals surface area contributed by atoms with Crippen molar-refractivity contribution < 1.29 is 0 Å². The summed E-state index contributed by atoms with van der Waals surface area (Å²) in [6.07, 6.45) is 1.71. The van der Waals surface area contributed by atoms with Gasteiger partial charge in [0.1, 0.15) is 5.82 Å². The molecule has 0 aliphatic rings. The number of aromatic amines is 1. The van der Waals surface area contributed by atoms with Crippen molar-refractivity contribution in [3.63, 3.8) is 0 Å². The van der Waals surface area contributed by atoms with Crippen LogP contribution >= 0.6 is 15.9 Å². The number of nitrogens with two attached hydrogens (primary N) is 1. The molecule has 0 spiro atoms. The van der Waals surface area contributed by atoms with Crippen LogP contribution in [0.1, 0.15) is 16.8 Å². The number of hydrogen-bond acceptors (Lipinski definition) is 4. The molecular weight excluding hydrogens is 356 g/mol. The second-order valence-corrected chi connectivity index (χ2v) is 6.46. The summed E-state index contributed by atoms with van der Waals surface area (Å²) in [5, 5.41) is 5.10. The van der Waals surface area contributed by atoms with Crippen molar-refractivity contribution in [1.29, 1.82) is 0 Å². The van der Waals surface area contributed by atoms with Crippen molar-refractivity contribution in [2.24, 2.45) is 0 Å². The first-order chi connectivity index (χ1) is 11.0. The lowest BCUT2D eigenvalue weighted by molar-refractivity contribution is 1.01. The summed E-state index contributed by atoms with van der Waals surface area (Å²) < 4.78 is 0.892. The minimum atomic E-state index is -0.0732. The minimum Gasteiger partial charge on any atom is -0.398 e. The number of H-pyrrole nitrogens is 1.